The lowest BCUT2D eigenvalue weighted by atomic mass is 10.1. The molecule has 64 valence electrons. The zero-order valence-corrected chi connectivity index (χ0v) is 7.27. The summed E-state index contributed by atoms with van der Waals surface area (Å²) >= 11 is 0. The fourth-order valence-corrected chi connectivity index (χ4v) is 0.900. The molecule has 0 aromatic heterocycles. The highest BCUT2D eigenvalue weighted by Gasteiger charge is 1.91. The largest absolute Gasteiger partial charge is 0.396 e. The average Bonchev–Trinajstić information content (AvgIpc) is 2.16. The minimum Gasteiger partial charge on any atom is -0.396 e. The zero-order chi connectivity index (χ0) is 8.81. The Balaban J connectivity index is 2.58. The Labute approximate surface area is 73.4 Å². The van der Waals surface area contributed by atoms with E-state index in [4.69, 9.17) is 5.11 Å². The van der Waals surface area contributed by atoms with Gasteiger partial charge in [0.25, 0.3) is 0 Å². The molecule has 1 N–H and O–H groups in total. The molecule has 0 aliphatic carbocycles. The number of aliphatic hydroxyl groups excluding tert-OH is 1. The van der Waals surface area contributed by atoms with E-state index in [2.05, 4.69) is 0 Å². The Morgan fingerprint density at radius 1 is 1.33 bits per heavy atom. The Morgan fingerprint density at radius 3 is 2.58 bits per heavy atom. The first kappa shape index (κ1) is 9.01. The molecule has 0 fully saturated rings. The van der Waals surface area contributed by atoms with Crippen molar-refractivity contribution in [3.63, 3.8) is 0 Å². The topological polar surface area (TPSA) is 20.2 Å². The highest BCUT2D eigenvalue weighted by atomic mass is 16.3. The molecule has 0 aliphatic rings. The van der Waals surface area contributed by atoms with Crippen molar-refractivity contribution in [2.75, 3.05) is 6.61 Å². The van der Waals surface area contributed by atoms with Gasteiger partial charge in [-0.3, -0.25) is 0 Å². The molecule has 0 heterocycles. The minimum atomic E-state index is 0.212. The van der Waals surface area contributed by atoms with Crippen LogP contribution in [0.3, 0.4) is 0 Å². The number of hydrogen-bond acceptors (Lipinski definition) is 1. The molecule has 0 amide bonds. The standard InChI is InChI=1S/C11H14O/c1-10(9-12)7-8-11-5-3-2-4-6-11/h2-8,10,12H,9H2,1H3. The Bertz CT molecular complexity index is 238. The van der Waals surface area contributed by atoms with Gasteiger partial charge in [0.05, 0.1) is 0 Å². The van der Waals surface area contributed by atoms with Gasteiger partial charge in [0.1, 0.15) is 0 Å². The van der Waals surface area contributed by atoms with Gasteiger partial charge in [-0.25, -0.2) is 0 Å². The van der Waals surface area contributed by atoms with Gasteiger partial charge in [0.2, 0.25) is 0 Å². The molecule has 12 heavy (non-hydrogen) atoms. The second kappa shape index (κ2) is 4.73. The number of benzene rings is 1. The predicted octanol–water partition coefficient (Wildman–Crippen LogP) is 2.33. The smallest absolute Gasteiger partial charge is 0.0491 e. The summed E-state index contributed by atoms with van der Waals surface area (Å²) in [5, 5.41) is 8.76. The predicted molar refractivity (Wildman–Crippen MR) is 51.7 cm³/mol. The Hall–Kier alpha value is -1.08. The van der Waals surface area contributed by atoms with E-state index in [1.54, 1.807) is 0 Å². The van der Waals surface area contributed by atoms with Crippen molar-refractivity contribution in [3.05, 3.63) is 42.0 Å². The molecule has 0 saturated heterocycles. The van der Waals surface area contributed by atoms with Crippen molar-refractivity contribution >= 4 is 6.08 Å². The van der Waals surface area contributed by atoms with Crippen LogP contribution in [-0.4, -0.2) is 11.7 Å². The summed E-state index contributed by atoms with van der Waals surface area (Å²) in [4.78, 5) is 0. The summed E-state index contributed by atoms with van der Waals surface area (Å²) in [6, 6.07) is 10.1. The van der Waals surface area contributed by atoms with E-state index in [0.29, 0.717) is 0 Å². The van der Waals surface area contributed by atoms with Gasteiger partial charge in [0, 0.05) is 6.61 Å². The third-order valence-corrected chi connectivity index (χ3v) is 1.70. The summed E-state index contributed by atoms with van der Waals surface area (Å²) in [7, 11) is 0. The van der Waals surface area contributed by atoms with Crippen molar-refractivity contribution in [1.29, 1.82) is 0 Å². The van der Waals surface area contributed by atoms with Crippen LogP contribution >= 0.6 is 0 Å². The monoisotopic (exact) mass is 162 g/mol. The first-order chi connectivity index (χ1) is 5.83. The van der Waals surface area contributed by atoms with Crippen LogP contribution < -0.4 is 0 Å². The second-order valence-electron chi connectivity index (χ2n) is 2.93. The molecule has 0 radical (unpaired) electrons. The maximum atomic E-state index is 8.76. The quantitative estimate of drug-likeness (QED) is 0.723. The van der Waals surface area contributed by atoms with Crippen LogP contribution in [0, 0.1) is 5.92 Å². The molecule has 1 nitrogen and oxygen atoms in total. The summed E-state index contributed by atoms with van der Waals surface area (Å²) in [5.41, 5.74) is 1.18. The maximum Gasteiger partial charge on any atom is 0.0491 e. The van der Waals surface area contributed by atoms with Crippen LogP contribution in [0.25, 0.3) is 6.08 Å². The fraction of sp³-hybridized carbons (Fsp3) is 0.273. The van der Waals surface area contributed by atoms with Gasteiger partial charge in [-0.2, -0.15) is 0 Å². The third-order valence-electron chi connectivity index (χ3n) is 1.70. The molecule has 0 spiro atoms. The number of hydrogen-bond donors (Lipinski definition) is 1. The maximum absolute atomic E-state index is 8.76. The summed E-state index contributed by atoms with van der Waals surface area (Å²) in [6.45, 7) is 2.20. The normalized spacial score (nSPS) is 13.5. The van der Waals surface area contributed by atoms with Crippen LogP contribution in [0.15, 0.2) is 36.4 Å². The van der Waals surface area contributed by atoms with E-state index < -0.39 is 0 Å². The molecule has 1 heteroatoms. The van der Waals surface area contributed by atoms with Crippen molar-refractivity contribution in [2.24, 2.45) is 5.92 Å². The van der Waals surface area contributed by atoms with Crippen LogP contribution in [0.4, 0.5) is 0 Å². The number of aliphatic hydroxyl groups is 1. The SMILES string of the molecule is CC(C=Cc1ccccc1)CO. The minimum absolute atomic E-state index is 0.212. The lowest BCUT2D eigenvalue weighted by molar-refractivity contribution is 0.262. The molecule has 0 aliphatic heterocycles. The van der Waals surface area contributed by atoms with E-state index in [9.17, 15) is 0 Å². The first-order valence-corrected chi connectivity index (χ1v) is 4.17. The van der Waals surface area contributed by atoms with Crippen LogP contribution in [0.5, 0.6) is 0 Å². The van der Waals surface area contributed by atoms with Gasteiger partial charge in [0.15, 0.2) is 0 Å². The van der Waals surface area contributed by atoms with Crippen molar-refractivity contribution in [2.45, 2.75) is 6.92 Å². The molecule has 1 atom stereocenters. The van der Waals surface area contributed by atoms with Crippen molar-refractivity contribution in [3.8, 4) is 0 Å². The molecule has 0 saturated carbocycles. The molecule has 1 rings (SSSR count). The average molecular weight is 162 g/mol. The lowest BCUT2D eigenvalue weighted by Crippen LogP contribution is -1.94. The van der Waals surface area contributed by atoms with E-state index in [-0.39, 0.29) is 12.5 Å². The first-order valence-electron chi connectivity index (χ1n) is 4.17. The Morgan fingerprint density at radius 2 is 2.00 bits per heavy atom. The van der Waals surface area contributed by atoms with E-state index >= 15 is 0 Å². The highest BCUT2D eigenvalue weighted by molar-refractivity contribution is 5.48. The lowest BCUT2D eigenvalue weighted by Gasteiger charge is -1.98. The number of rotatable bonds is 3. The van der Waals surface area contributed by atoms with Gasteiger partial charge < -0.3 is 5.11 Å². The van der Waals surface area contributed by atoms with Gasteiger partial charge >= 0.3 is 0 Å². The van der Waals surface area contributed by atoms with Gasteiger partial charge in [-0.1, -0.05) is 49.4 Å². The zero-order valence-electron chi connectivity index (χ0n) is 7.27. The van der Waals surface area contributed by atoms with E-state index in [1.807, 2.05) is 49.4 Å². The molecule has 1 aromatic rings. The molecular weight excluding hydrogens is 148 g/mol. The summed E-state index contributed by atoms with van der Waals surface area (Å²) in [5.74, 6) is 0.241. The molecule has 1 unspecified atom stereocenters. The van der Waals surface area contributed by atoms with Gasteiger partial charge in [-0.05, 0) is 11.5 Å². The van der Waals surface area contributed by atoms with Crippen LogP contribution in [-0.2, 0) is 0 Å². The molecule has 0 bridgehead atoms. The highest BCUT2D eigenvalue weighted by Crippen LogP contribution is 2.04. The Kier molecular flexibility index (Phi) is 3.55. The second-order valence-corrected chi connectivity index (χ2v) is 2.93. The van der Waals surface area contributed by atoms with Gasteiger partial charge in [-0.15, -0.1) is 0 Å². The van der Waals surface area contributed by atoms with E-state index in [0.717, 1.165) is 0 Å². The van der Waals surface area contributed by atoms with Crippen molar-refractivity contribution < 1.29 is 5.11 Å². The fourth-order valence-electron chi connectivity index (χ4n) is 0.900. The van der Waals surface area contributed by atoms with Crippen molar-refractivity contribution in [1.82, 2.24) is 0 Å². The third kappa shape index (κ3) is 2.89. The molecular formula is C11H14O. The summed E-state index contributed by atoms with van der Waals surface area (Å²) < 4.78 is 0. The van der Waals surface area contributed by atoms with E-state index in [1.165, 1.54) is 5.56 Å². The van der Waals surface area contributed by atoms with Crippen LogP contribution in [0.2, 0.25) is 0 Å². The summed E-state index contributed by atoms with van der Waals surface area (Å²) in [6.07, 6.45) is 4.04. The molecule has 1 aromatic carbocycles. The van der Waals surface area contributed by atoms with Crippen LogP contribution in [0.1, 0.15) is 12.5 Å².